The van der Waals surface area contributed by atoms with Gasteiger partial charge >= 0.3 is 0 Å². The van der Waals surface area contributed by atoms with Crippen LogP contribution in [0.2, 0.25) is 0 Å². The average Bonchev–Trinajstić information content (AvgIpc) is 3.16. The van der Waals surface area contributed by atoms with Crippen molar-refractivity contribution in [3.63, 3.8) is 0 Å². The molecule has 122 valence electrons. The molecule has 23 heavy (non-hydrogen) atoms. The molecular formula is C20H25NO2. The number of methoxy groups -OCH3 is 1. The van der Waals surface area contributed by atoms with Crippen LogP contribution in [0.3, 0.4) is 0 Å². The van der Waals surface area contributed by atoms with Gasteiger partial charge in [-0.2, -0.15) is 0 Å². The predicted molar refractivity (Wildman–Crippen MR) is 90.4 cm³/mol. The largest absolute Gasteiger partial charge is 0.468 e. The summed E-state index contributed by atoms with van der Waals surface area (Å²) >= 11 is 0. The lowest BCUT2D eigenvalue weighted by molar-refractivity contribution is 0.0675. The molecule has 1 aromatic heterocycles. The lowest BCUT2D eigenvalue weighted by Crippen LogP contribution is -2.41. The van der Waals surface area contributed by atoms with Crippen LogP contribution in [0.1, 0.15) is 47.8 Å². The highest BCUT2D eigenvalue weighted by atomic mass is 16.5. The molecule has 4 rings (SSSR count). The second-order valence-electron chi connectivity index (χ2n) is 7.16. The van der Waals surface area contributed by atoms with Crippen LogP contribution in [0, 0.1) is 6.92 Å². The first-order valence-electron chi connectivity index (χ1n) is 8.59. The molecule has 1 fully saturated rings. The van der Waals surface area contributed by atoms with E-state index in [4.69, 9.17) is 9.15 Å². The minimum Gasteiger partial charge on any atom is -0.468 e. The molecule has 1 saturated heterocycles. The summed E-state index contributed by atoms with van der Waals surface area (Å²) in [4.78, 5) is 2.51. The monoisotopic (exact) mass is 311 g/mol. The third kappa shape index (κ3) is 2.62. The lowest BCUT2D eigenvalue weighted by Gasteiger charge is -2.40. The molecule has 0 bridgehead atoms. The summed E-state index contributed by atoms with van der Waals surface area (Å²) in [7, 11) is 1.85. The summed E-state index contributed by atoms with van der Waals surface area (Å²) in [6.07, 6.45) is 5.59. The number of likely N-dealkylation sites (tertiary alicyclic amines) is 1. The zero-order valence-electron chi connectivity index (χ0n) is 14.0. The number of hydrogen-bond donors (Lipinski definition) is 0. The van der Waals surface area contributed by atoms with E-state index in [2.05, 4.69) is 36.1 Å². The van der Waals surface area contributed by atoms with Gasteiger partial charge in [0.2, 0.25) is 0 Å². The Morgan fingerprint density at radius 2 is 2.09 bits per heavy atom. The molecule has 1 unspecified atom stereocenters. The summed E-state index contributed by atoms with van der Waals surface area (Å²) in [5.74, 6) is 1.07. The van der Waals surface area contributed by atoms with Crippen LogP contribution in [-0.4, -0.2) is 25.1 Å². The molecule has 1 atom stereocenters. The minimum absolute atomic E-state index is 0.265. The van der Waals surface area contributed by atoms with Gasteiger partial charge in [0.1, 0.15) is 5.76 Å². The topological polar surface area (TPSA) is 25.6 Å². The van der Waals surface area contributed by atoms with Crippen molar-refractivity contribution in [1.82, 2.24) is 4.90 Å². The molecule has 2 heterocycles. The zero-order valence-corrected chi connectivity index (χ0v) is 14.0. The summed E-state index contributed by atoms with van der Waals surface area (Å²) in [6, 6.07) is 11.0. The lowest BCUT2D eigenvalue weighted by atomic mass is 9.73. The second-order valence-corrected chi connectivity index (χ2v) is 7.16. The Morgan fingerprint density at radius 3 is 2.78 bits per heavy atom. The molecule has 3 nitrogen and oxygen atoms in total. The fraction of sp³-hybridized carbons (Fsp3) is 0.500. The number of benzene rings is 1. The third-order valence-corrected chi connectivity index (χ3v) is 5.76. The van der Waals surface area contributed by atoms with Crippen LogP contribution < -0.4 is 0 Å². The summed E-state index contributed by atoms with van der Waals surface area (Å²) < 4.78 is 11.3. The van der Waals surface area contributed by atoms with Crippen molar-refractivity contribution in [2.45, 2.75) is 44.2 Å². The number of nitrogens with zero attached hydrogens (tertiary/aromatic N) is 1. The maximum Gasteiger partial charge on any atom is 0.117 e. The maximum atomic E-state index is 5.80. The zero-order chi connectivity index (χ0) is 15.9. The molecule has 0 saturated carbocycles. The summed E-state index contributed by atoms with van der Waals surface area (Å²) in [6.45, 7) is 5.36. The van der Waals surface area contributed by atoms with E-state index in [-0.39, 0.29) is 6.10 Å². The number of hydrogen-bond acceptors (Lipinski definition) is 3. The van der Waals surface area contributed by atoms with Crippen molar-refractivity contribution in [2.75, 3.05) is 20.2 Å². The number of piperidine rings is 1. The molecule has 1 aliphatic heterocycles. The highest BCUT2D eigenvalue weighted by molar-refractivity contribution is 5.44. The number of rotatable bonds is 3. The predicted octanol–water partition coefficient (Wildman–Crippen LogP) is 4.21. The van der Waals surface area contributed by atoms with Crippen LogP contribution >= 0.6 is 0 Å². The average molecular weight is 311 g/mol. The molecule has 0 N–H and O–H groups in total. The number of ether oxygens (including phenoxy) is 1. The van der Waals surface area contributed by atoms with Gasteiger partial charge in [0, 0.05) is 12.5 Å². The van der Waals surface area contributed by atoms with Gasteiger partial charge in [0.25, 0.3) is 0 Å². The molecule has 2 aromatic rings. The normalized spacial score (nSPS) is 23.3. The van der Waals surface area contributed by atoms with Crippen molar-refractivity contribution in [3.05, 3.63) is 59.0 Å². The van der Waals surface area contributed by atoms with Crippen LogP contribution in [0.4, 0.5) is 0 Å². The highest BCUT2D eigenvalue weighted by Crippen LogP contribution is 2.52. The Bertz CT molecular complexity index is 669. The fourth-order valence-electron chi connectivity index (χ4n) is 4.45. The van der Waals surface area contributed by atoms with Gasteiger partial charge in [0.15, 0.2) is 0 Å². The molecular weight excluding hydrogens is 286 g/mol. The van der Waals surface area contributed by atoms with Gasteiger partial charge in [-0.25, -0.2) is 0 Å². The van der Waals surface area contributed by atoms with Crippen LogP contribution in [0.5, 0.6) is 0 Å². The van der Waals surface area contributed by atoms with Gasteiger partial charge in [-0.15, -0.1) is 0 Å². The smallest absolute Gasteiger partial charge is 0.117 e. The van der Waals surface area contributed by atoms with E-state index in [1.165, 1.54) is 29.5 Å². The van der Waals surface area contributed by atoms with Crippen molar-refractivity contribution in [1.29, 1.82) is 0 Å². The van der Waals surface area contributed by atoms with Gasteiger partial charge < -0.3 is 9.15 Å². The Balaban J connectivity index is 1.53. The highest BCUT2D eigenvalue weighted by Gasteiger charge is 2.45. The molecule has 1 spiro atoms. The Labute approximate surface area is 138 Å². The SMILES string of the molecule is COC1CC2(CCN(Cc3ccco3)CC2)c2ccc(C)cc21. The first-order valence-corrected chi connectivity index (χ1v) is 8.59. The standard InChI is InChI=1S/C20H25NO2/c1-15-5-6-18-17(12-15)19(22-2)13-20(18)7-9-21(10-8-20)14-16-4-3-11-23-16/h3-6,11-12,19H,7-10,13-14H2,1-2H3. The Morgan fingerprint density at radius 1 is 1.26 bits per heavy atom. The van der Waals surface area contributed by atoms with Gasteiger partial charge in [-0.05, 0) is 62.5 Å². The van der Waals surface area contributed by atoms with Crippen molar-refractivity contribution < 1.29 is 9.15 Å². The van der Waals surface area contributed by atoms with Crippen molar-refractivity contribution in [2.24, 2.45) is 0 Å². The summed E-state index contributed by atoms with van der Waals surface area (Å²) in [5.41, 5.74) is 4.60. The van der Waals surface area contributed by atoms with Crippen molar-refractivity contribution in [3.8, 4) is 0 Å². The molecule has 1 aliphatic carbocycles. The molecule has 2 aliphatic rings. The van der Waals surface area contributed by atoms with Crippen LogP contribution in [0.25, 0.3) is 0 Å². The number of aryl methyl sites for hydroxylation is 1. The van der Waals surface area contributed by atoms with Crippen molar-refractivity contribution >= 4 is 0 Å². The third-order valence-electron chi connectivity index (χ3n) is 5.76. The van der Waals surface area contributed by atoms with Gasteiger partial charge in [-0.3, -0.25) is 4.90 Å². The quantitative estimate of drug-likeness (QED) is 0.849. The molecule has 1 aromatic carbocycles. The van der Waals surface area contributed by atoms with E-state index in [1.54, 1.807) is 6.26 Å². The first-order chi connectivity index (χ1) is 11.2. The molecule has 0 amide bonds. The van der Waals surface area contributed by atoms with E-state index in [1.807, 2.05) is 13.2 Å². The van der Waals surface area contributed by atoms with E-state index in [0.717, 1.165) is 31.8 Å². The molecule has 0 radical (unpaired) electrons. The Hall–Kier alpha value is -1.58. The van der Waals surface area contributed by atoms with E-state index >= 15 is 0 Å². The minimum atomic E-state index is 0.265. The number of furan rings is 1. The maximum absolute atomic E-state index is 5.80. The van der Waals surface area contributed by atoms with E-state index in [9.17, 15) is 0 Å². The van der Waals surface area contributed by atoms with Crippen LogP contribution in [0.15, 0.2) is 41.0 Å². The fourth-order valence-corrected chi connectivity index (χ4v) is 4.45. The summed E-state index contributed by atoms with van der Waals surface area (Å²) in [5, 5.41) is 0. The molecule has 3 heteroatoms. The van der Waals surface area contributed by atoms with Crippen LogP contribution in [-0.2, 0) is 16.7 Å². The van der Waals surface area contributed by atoms with Gasteiger partial charge in [0.05, 0.1) is 18.9 Å². The van der Waals surface area contributed by atoms with E-state index < -0.39 is 0 Å². The first kappa shape index (κ1) is 15.0. The van der Waals surface area contributed by atoms with E-state index in [0.29, 0.717) is 5.41 Å². The van der Waals surface area contributed by atoms with Gasteiger partial charge in [-0.1, -0.05) is 23.8 Å². The number of fused-ring (bicyclic) bond motifs is 2. The Kier molecular flexibility index (Phi) is 3.78. The second kappa shape index (κ2) is 5.81.